The van der Waals surface area contributed by atoms with E-state index in [0.717, 1.165) is 43.0 Å². The molecule has 6 nitrogen and oxygen atoms in total. The molecule has 0 aliphatic rings. The molecule has 0 fully saturated rings. The highest BCUT2D eigenvalue weighted by molar-refractivity contribution is 7.98. The lowest BCUT2D eigenvalue weighted by Gasteiger charge is -2.08. The van der Waals surface area contributed by atoms with E-state index in [-0.39, 0.29) is 0 Å². The van der Waals surface area contributed by atoms with E-state index >= 15 is 0 Å². The van der Waals surface area contributed by atoms with Crippen LogP contribution in [0.1, 0.15) is 17.0 Å². The van der Waals surface area contributed by atoms with Crippen LogP contribution < -0.4 is 9.47 Å². The third kappa shape index (κ3) is 5.86. The van der Waals surface area contributed by atoms with Crippen LogP contribution in [-0.2, 0) is 15.6 Å². The van der Waals surface area contributed by atoms with Crippen molar-refractivity contribution in [2.45, 2.75) is 29.7 Å². The first-order valence-electron chi connectivity index (χ1n) is 10.8. The number of thiophene rings is 1. The molecule has 0 saturated heterocycles. The fourth-order valence-electron chi connectivity index (χ4n) is 3.67. The predicted molar refractivity (Wildman–Crippen MR) is 142 cm³/mol. The molecule has 0 radical (unpaired) electrons. The van der Waals surface area contributed by atoms with E-state index in [4.69, 9.17) is 9.47 Å². The highest BCUT2D eigenvalue weighted by atomic mass is 32.2. The minimum Gasteiger partial charge on any atom is -0.493 e. The largest absolute Gasteiger partial charge is 0.493 e. The average molecular weight is 527 g/mol. The van der Waals surface area contributed by atoms with Gasteiger partial charge in [-0.05, 0) is 73.0 Å². The Morgan fingerprint density at radius 2 is 1.49 bits per heavy atom. The summed E-state index contributed by atoms with van der Waals surface area (Å²) < 4.78 is 34.7. The number of aromatic nitrogens is 2. The van der Waals surface area contributed by atoms with Crippen LogP contribution in [-0.4, -0.2) is 38.9 Å². The fourth-order valence-corrected chi connectivity index (χ4v) is 6.50. The molecule has 4 rings (SSSR count). The molecule has 2 heterocycles. The summed E-state index contributed by atoms with van der Waals surface area (Å²) >= 11 is 3.24. The van der Waals surface area contributed by atoms with Crippen LogP contribution in [0.5, 0.6) is 11.5 Å². The number of hydrogen-bond acceptors (Lipinski definition) is 8. The van der Waals surface area contributed by atoms with Crippen molar-refractivity contribution in [3.8, 4) is 32.4 Å². The normalized spacial score (nSPS) is 11.5. The number of thioether (sulfide) groups is 1. The van der Waals surface area contributed by atoms with Crippen molar-refractivity contribution in [2.75, 3.05) is 20.5 Å². The van der Waals surface area contributed by atoms with Gasteiger partial charge in [-0.3, -0.25) is 0 Å². The minimum atomic E-state index is -3.26. The Kier molecular flexibility index (Phi) is 7.49. The number of aryl methyl sites for hydroxylation is 2. The van der Waals surface area contributed by atoms with Crippen LogP contribution in [0.25, 0.3) is 20.9 Å². The van der Waals surface area contributed by atoms with Crippen LogP contribution in [0.3, 0.4) is 0 Å². The lowest BCUT2D eigenvalue weighted by atomic mass is 10.1. The van der Waals surface area contributed by atoms with Crippen molar-refractivity contribution in [1.82, 2.24) is 9.97 Å². The van der Waals surface area contributed by atoms with Gasteiger partial charge in [0.25, 0.3) is 0 Å². The van der Waals surface area contributed by atoms with E-state index < -0.39 is 9.84 Å². The van der Waals surface area contributed by atoms with Crippen molar-refractivity contribution in [3.05, 3.63) is 71.5 Å². The molecule has 0 saturated carbocycles. The van der Waals surface area contributed by atoms with E-state index in [1.165, 1.54) is 6.26 Å². The zero-order valence-electron chi connectivity index (χ0n) is 20.2. The third-order valence-corrected chi connectivity index (χ3v) is 8.64. The van der Waals surface area contributed by atoms with E-state index in [1.807, 2.05) is 50.2 Å². The molecule has 35 heavy (non-hydrogen) atoms. The van der Waals surface area contributed by atoms with Gasteiger partial charge in [-0.1, -0.05) is 23.9 Å². The summed E-state index contributed by atoms with van der Waals surface area (Å²) in [5.41, 5.74) is 4.98. The van der Waals surface area contributed by atoms with E-state index in [2.05, 4.69) is 16.0 Å². The smallest absolute Gasteiger partial charge is 0.188 e. The van der Waals surface area contributed by atoms with Crippen molar-refractivity contribution in [1.29, 1.82) is 0 Å². The molecule has 0 unspecified atom stereocenters. The summed E-state index contributed by atoms with van der Waals surface area (Å²) in [7, 11) is -0.0233. The summed E-state index contributed by atoms with van der Waals surface area (Å²) in [6.45, 7) is 3.93. The van der Waals surface area contributed by atoms with Gasteiger partial charge in [0.1, 0.15) is 0 Å². The maximum absolute atomic E-state index is 11.9. The van der Waals surface area contributed by atoms with Crippen LogP contribution in [0.2, 0.25) is 0 Å². The molecule has 0 aliphatic carbocycles. The van der Waals surface area contributed by atoms with E-state index in [1.54, 1.807) is 49.5 Å². The molecule has 182 valence electrons. The highest BCUT2D eigenvalue weighted by Gasteiger charge is 2.16. The number of methoxy groups -OCH3 is 2. The Bertz CT molecular complexity index is 1440. The zero-order valence-corrected chi connectivity index (χ0v) is 22.6. The molecular weight excluding hydrogens is 500 g/mol. The lowest BCUT2D eigenvalue weighted by molar-refractivity contribution is 0.355. The summed E-state index contributed by atoms with van der Waals surface area (Å²) in [5, 5.41) is 0.736. The number of sulfone groups is 1. The van der Waals surface area contributed by atoms with Crippen LogP contribution in [0.15, 0.2) is 64.6 Å². The molecule has 2 aromatic heterocycles. The second kappa shape index (κ2) is 10.4. The number of rotatable bonds is 8. The van der Waals surface area contributed by atoms with Gasteiger partial charge in [0, 0.05) is 33.2 Å². The Balaban J connectivity index is 1.75. The van der Waals surface area contributed by atoms with Gasteiger partial charge < -0.3 is 9.47 Å². The molecule has 0 spiro atoms. The van der Waals surface area contributed by atoms with Crippen molar-refractivity contribution < 1.29 is 17.9 Å². The monoisotopic (exact) mass is 526 g/mol. The summed E-state index contributed by atoms with van der Waals surface area (Å²) in [4.78, 5) is 11.6. The van der Waals surface area contributed by atoms with Gasteiger partial charge in [-0.15, -0.1) is 11.3 Å². The summed E-state index contributed by atoms with van der Waals surface area (Å²) in [6.07, 6.45) is 1.22. The Hall–Kier alpha value is -2.88. The number of nitrogens with zero attached hydrogens (tertiary/aromatic N) is 2. The second-order valence-electron chi connectivity index (χ2n) is 8.05. The second-order valence-corrected chi connectivity index (χ2v) is 12.1. The third-order valence-electron chi connectivity index (χ3n) is 5.34. The van der Waals surface area contributed by atoms with Crippen molar-refractivity contribution in [2.24, 2.45) is 0 Å². The van der Waals surface area contributed by atoms with Gasteiger partial charge >= 0.3 is 0 Å². The minimum absolute atomic E-state index is 0.303. The summed E-state index contributed by atoms with van der Waals surface area (Å²) in [5.74, 6) is 2.01. The van der Waals surface area contributed by atoms with Gasteiger partial charge in [0.05, 0.1) is 19.1 Å². The number of ether oxygens (including phenoxy) is 2. The van der Waals surface area contributed by atoms with Crippen molar-refractivity contribution in [3.63, 3.8) is 0 Å². The Morgan fingerprint density at radius 3 is 2.09 bits per heavy atom. The van der Waals surface area contributed by atoms with Gasteiger partial charge in [0.15, 0.2) is 26.5 Å². The summed E-state index contributed by atoms with van der Waals surface area (Å²) in [6, 6.07) is 17.0. The Labute approximate surface area is 214 Å². The van der Waals surface area contributed by atoms with Gasteiger partial charge in [-0.2, -0.15) is 0 Å². The Morgan fingerprint density at radius 1 is 0.857 bits per heavy atom. The van der Waals surface area contributed by atoms with Gasteiger partial charge in [-0.25, -0.2) is 18.4 Å². The van der Waals surface area contributed by atoms with Gasteiger partial charge in [0.2, 0.25) is 0 Å². The first kappa shape index (κ1) is 25.2. The molecule has 0 atom stereocenters. The fraction of sp³-hybridized carbons (Fsp3) is 0.231. The number of hydrogen-bond donors (Lipinski definition) is 0. The first-order chi connectivity index (χ1) is 16.7. The predicted octanol–water partition coefficient (Wildman–Crippen LogP) is 6.20. The average Bonchev–Trinajstić information content (AvgIpc) is 3.25. The molecular formula is C26H26N2O4S3. The van der Waals surface area contributed by atoms with Crippen LogP contribution >= 0.6 is 23.1 Å². The highest BCUT2D eigenvalue weighted by Crippen LogP contribution is 2.42. The molecule has 0 bridgehead atoms. The topological polar surface area (TPSA) is 78.4 Å². The molecule has 4 aromatic rings. The SMILES string of the molecule is COc1ccc(-c2cc(CSc3nc(C)cc(C)n3)c(-c3ccc(S(C)(=O)=O)cc3)s2)cc1OC. The van der Waals surface area contributed by atoms with Crippen molar-refractivity contribution >= 4 is 32.9 Å². The van der Waals surface area contributed by atoms with Crippen LogP contribution in [0.4, 0.5) is 0 Å². The standard InChI is InChI=1S/C26H26N2O4S3/c1-16-12-17(2)28-26(27-16)33-15-20-14-24(19-8-11-22(31-3)23(13-19)32-4)34-25(20)18-6-9-21(10-7-18)35(5,29)30/h6-14H,15H2,1-5H3. The molecule has 2 aromatic carbocycles. The maximum Gasteiger partial charge on any atom is 0.188 e. The quantitative estimate of drug-likeness (QED) is 0.200. The van der Waals surface area contributed by atoms with Crippen LogP contribution in [0, 0.1) is 13.8 Å². The maximum atomic E-state index is 11.9. The molecule has 9 heteroatoms. The molecule has 0 aliphatic heterocycles. The molecule has 0 amide bonds. The molecule has 0 N–H and O–H groups in total. The van der Waals surface area contributed by atoms with E-state index in [0.29, 0.717) is 22.1 Å². The lowest BCUT2D eigenvalue weighted by Crippen LogP contribution is -1.96. The van der Waals surface area contributed by atoms with E-state index in [9.17, 15) is 8.42 Å². The first-order valence-corrected chi connectivity index (χ1v) is 14.5. The zero-order chi connectivity index (χ0) is 25.2. The number of benzene rings is 2.